The summed E-state index contributed by atoms with van der Waals surface area (Å²) < 4.78 is 13.0. The van der Waals surface area contributed by atoms with Crippen molar-refractivity contribution < 1.29 is 9.18 Å². The third-order valence-electron chi connectivity index (χ3n) is 1.38. The van der Waals surface area contributed by atoms with Gasteiger partial charge < -0.3 is 0 Å². The van der Waals surface area contributed by atoms with Crippen LogP contribution in [0.1, 0.15) is 10.4 Å². The van der Waals surface area contributed by atoms with E-state index in [0.717, 1.165) is 0 Å². The van der Waals surface area contributed by atoms with Crippen LogP contribution in [0.5, 0.6) is 0 Å². The first kappa shape index (κ1) is 9.13. The molecule has 0 aliphatic rings. The summed E-state index contributed by atoms with van der Waals surface area (Å²) in [6.07, 6.45) is 1.19. The van der Waals surface area contributed by atoms with Gasteiger partial charge >= 0.3 is 0 Å². The lowest BCUT2D eigenvalue weighted by atomic mass is 10.1. The summed E-state index contributed by atoms with van der Waals surface area (Å²) in [5.41, 5.74) is 0.423. The van der Waals surface area contributed by atoms with Crippen LogP contribution in [0, 0.1) is 5.82 Å². The number of hydrogen-bond donors (Lipinski definition) is 0. The zero-order chi connectivity index (χ0) is 9.14. The molecule has 0 amide bonds. The Balaban J connectivity index is 3.18. The minimum absolute atomic E-state index is 0.220. The highest BCUT2D eigenvalue weighted by molar-refractivity contribution is 9.10. The van der Waals surface area contributed by atoms with Crippen LogP contribution in [0.2, 0.25) is 0 Å². The molecule has 0 radical (unpaired) electrons. The van der Waals surface area contributed by atoms with E-state index in [0.29, 0.717) is 10.0 Å². The molecule has 1 aromatic carbocycles. The molecule has 1 aromatic rings. The summed E-state index contributed by atoms with van der Waals surface area (Å²) in [5, 5.41) is 0. The SMILES string of the molecule is C=CC(=O)c1ccc(F)cc1Br. The fraction of sp³-hybridized carbons (Fsp3) is 0. The average molecular weight is 229 g/mol. The first-order valence-electron chi connectivity index (χ1n) is 3.27. The van der Waals surface area contributed by atoms with Crippen LogP contribution in [0.15, 0.2) is 35.3 Å². The van der Waals surface area contributed by atoms with Crippen LogP contribution in [-0.4, -0.2) is 5.78 Å². The number of benzene rings is 1. The maximum atomic E-state index is 12.5. The van der Waals surface area contributed by atoms with Gasteiger partial charge in [0.15, 0.2) is 5.78 Å². The summed E-state index contributed by atoms with van der Waals surface area (Å²) in [4.78, 5) is 11.1. The molecule has 62 valence electrons. The monoisotopic (exact) mass is 228 g/mol. The molecule has 0 unspecified atom stereocenters. The molecule has 0 saturated heterocycles. The quantitative estimate of drug-likeness (QED) is 0.562. The van der Waals surface area contributed by atoms with E-state index in [1.54, 1.807) is 0 Å². The van der Waals surface area contributed by atoms with Gasteiger partial charge in [0.25, 0.3) is 0 Å². The van der Waals surface area contributed by atoms with Gasteiger partial charge in [0.2, 0.25) is 0 Å². The summed E-state index contributed by atoms with van der Waals surface area (Å²) in [7, 11) is 0. The molecule has 1 rings (SSSR count). The molecule has 0 atom stereocenters. The number of hydrogen-bond acceptors (Lipinski definition) is 1. The van der Waals surface area contributed by atoms with Crippen molar-refractivity contribution in [2.75, 3.05) is 0 Å². The van der Waals surface area contributed by atoms with E-state index in [4.69, 9.17) is 0 Å². The Kier molecular flexibility index (Phi) is 2.76. The number of carbonyl (C=O) groups is 1. The maximum absolute atomic E-state index is 12.5. The van der Waals surface area contributed by atoms with Gasteiger partial charge in [-0.15, -0.1) is 0 Å². The van der Waals surface area contributed by atoms with E-state index in [1.807, 2.05) is 0 Å². The first-order chi connectivity index (χ1) is 5.65. The largest absolute Gasteiger partial charge is 0.289 e. The third kappa shape index (κ3) is 1.80. The second-order valence-corrected chi connectivity index (χ2v) is 3.05. The predicted octanol–water partition coefficient (Wildman–Crippen LogP) is 2.96. The number of rotatable bonds is 2. The van der Waals surface area contributed by atoms with E-state index < -0.39 is 0 Å². The van der Waals surface area contributed by atoms with Gasteiger partial charge in [-0.1, -0.05) is 6.58 Å². The minimum Gasteiger partial charge on any atom is -0.289 e. The topological polar surface area (TPSA) is 17.1 Å². The Hall–Kier alpha value is -0.960. The average Bonchev–Trinajstić information content (AvgIpc) is 2.03. The zero-order valence-electron chi connectivity index (χ0n) is 6.18. The highest BCUT2D eigenvalue weighted by Crippen LogP contribution is 2.18. The van der Waals surface area contributed by atoms with Crippen molar-refractivity contribution in [1.29, 1.82) is 0 Å². The van der Waals surface area contributed by atoms with Gasteiger partial charge in [-0.25, -0.2) is 4.39 Å². The van der Waals surface area contributed by atoms with Crippen molar-refractivity contribution in [3.63, 3.8) is 0 Å². The molecule has 12 heavy (non-hydrogen) atoms. The summed E-state index contributed by atoms with van der Waals surface area (Å²) in [6.45, 7) is 3.34. The molecule has 0 aliphatic carbocycles. The zero-order valence-corrected chi connectivity index (χ0v) is 7.77. The van der Waals surface area contributed by atoms with Gasteiger partial charge in [-0.3, -0.25) is 4.79 Å². The van der Waals surface area contributed by atoms with Crippen LogP contribution in [0.4, 0.5) is 4.39 Å². The summed E-state index contributed by atoms with van der Waals surface area (Å²) in [5.74, 6) is -0.593. The smallest absolute Gasteiger partial charge is 0.186 e. The molecule has 0 saturated carbocycles. The molecule has 0 spiro atoms. The van der Waals surface area contributed by atoms with Crippen molar-refractivity contribution in [1.82, 2.24) is 0 Å². The van der Waals surface area contributed by atoms with E-state index in [-0.39, 0.29) is 11.6 Å². The van der Waals surface area contributed by atoms with E-state index in [2.05, 4.69) is 22.5 Å². The van der Waals surface area contributed by atoms with Gasteiger partial charge in [0.05, 0.1) is 0 Å². The molecular formula is C9H6BrFO. The van der Waals surface area contributed by atoms with Gasteiger partial charge in [0.1, 0.15) is 5.82 Å². The van der Waals surface area contributed by atoms with E-state index in [1.165, 1.54) is 24.3 Å². The summed E-state index contributed by atoms with van der Waals surface area (Å²) >= 11 is 3.08. The molecular weight excluding hydrogens is 223 g/mol. The van der Waals surface area contributed by atoms with E-state index in [9.17, 15) is 9.18 Å². The highest BCUT2D eigenvalue weighted by Gasteiger charge is 2.06. The van der Waals surface area contributed by atoms with Crippen LogP contribution >= 0.6 is 15.9 Å². The Labute approximate surface area is 78.0 Å². The molecule has 0 N–H and O–H groups in total. The Morgan fingerprint density at radius 2 is 2.25 bits per heavy atom. The highest BCUT2D eigenvalue weighted by atomic mass is 79.9. The maximum Gasteiger partial charge on any atom is 0.186 e. The second-order valence-electron chi connectivity index (χ2n) is 2.19. The lowest BCUT2D eigenvalue weighted by Crippen LogP contribution is -1.95. The second kappa shape index (κ2) is 3.63. The van der Waals surface area contributed by atoms with Crippen molar-refractivity contribution in [2.24, 2.45) is 0 Å². The summed E-state index contributed by atoms with van der Waals surface area (Å²) in [6, 6.07) is 3.90. The van der Waals surface area contributed by atoms with Crippen LogP contribution < -0.4 is 0 Å². The van der Waals surface area contributed by atoms with E-state index >= 15 is 0 Å². The first-order valence-corrected chi connectivity index (χ1v) is 4.06. The molecule has 0 aromatic heterocycles. The molecule has 3 heteroatoms. The molecule has 1 nitrogen and oxygen atoms in total. The Morgan fingerprint density at radius 3 is 2.75 bits per heavy atom. The van der Waals surface area contributed by atoms with Gasteiger partial charge in [-0.2, -0.15) is 0 Å². The van der Waals surface area contributed by atoms with Gasteiger partial charge in [-0.05, 0) is 40.2 Å². The number of carbonyl (C=O) groups excluding carboxylic acids is 1. The van der Waals surface area contributed by atoms with Crippen LogP contribution in [0.3, 0.4) is 0 Å². The molecule has 0 heterocycles. The molecule has 0 aliphatic heterocycles. The van der Waals surface area contributed by atoms with Crippen molar-refractivity contribution in [3.8, 4) is 0 Å². The van der Waals surface area contributed by atoms with Crippen LogP contribution in [-0.2, 0) is 0 Å². The minimum atomic E-state index is -0.373. The Bertz CT molecular complexity index is 333. The van der Waals surface area contributed by atoms with Crippen LogP contribution in [0.25, 0.3) is 0 Å². The fourth-order valence-electron chi connectivity index (χ4n) is 0.799. The number of halogens is 2. The van der Waals surface area contributed by atoms with Crippen molar-refractivity contribution in [3.05, 3.63) is 46.7 Å². The number of allylic oxidation sites excluding steroid dienone is 1. The predicted molar refractivity (Wildman–Crippen MR) is 48.6 cm³/mol. The van der Waals surface area contributed by atoms with Crippen molar-refractivity contribution >= 4 is 21.7 Å². The molecule has 0 bridgehead atoms. The lowest BCUT2D eigenvalue weighted by molar-refractivity contribution is 0.104. The normalized spacial score (nSPS) is 9.50. The third-order valence-corrected chi connectivity index (χ3v) is 2.04. The fourth-order valence-corrected chi connectivity index (χ4v) is 1.35. The lowest BCUT2D eigenvalue weighted by Gasteiger charge is -1.98. The number of ketones is 1. The van der Waals surface area contributed by atoms with Crippen molar-refractivity contribution in [2.45, 2.75) is 0 Å². The Morgan fingerprint density at radius 1 is 1.58 bits per heavy atom. The molecule has 0 fully saturated rings. The standard InChI is InChI=1S/C9H6BrFO/c1-2-9(12)7-4-3-6(11)5-8(7)10/h2-5H,1H2. The van der Waals surface area contributed by atoms with Gasteiger partial charge in [0, 0.05) is 10.0 Å².